The molecule has 174 valence electrons. The van der Waals surface area contributed by atoms with E-state index < -0.39 is 0 Å². The lowest BCUT2D eigenvalue weighted by Crippen LogP contribution is -2.38. The molecule has 6 rings (SSSR count). The first-order chi connectivity index (χ1) is 16.7. The lowest BCUT2D eigenvalue weighted by molar-refractivity contribution is 0.211. The summed E-state index contributed by atoms with van der Waals surface area (Å²) >= 11 is 0. The molecule has 1 saturated heterocycles. The highest BCUT2D eigenvalue weighted by molar-refractivity contribution is 5.94. The van der Waals surface area contributed by atoms with Gasteiger partial charge in [-0.3, -0.25) is 4.90 Å². The number of aromatic nitrogens is 2. The number of nitrogens with zero attached hydrogens (tertiary/aromatic N) is 3. The third-order valence-corrected chi connectivity index (χ3v) is 7.39. The first-order valence-corrected chi connectivity index (χ1v) is 12.5. The summed E-state index contributed by atoms with van der Waals surface area (Å²) in [6.07, 6.45) is 5.87. The molecule has 5 nitrogen and oxygen atoms in total. The summed E-state index contributed by atoms with van der Waals surface area (Å²) in [5, 5.41) is 18.0. The number of likely N-dealkylation sites (tertiary alicyclic amines) is 1. The van der Waals surface area contributed by atoms with Crippen molar-refractivity contribution in [3.63, 3.8) is 0 Å². The van der Waals surface area contributed by atoms with Crippen LogP contribution in [0.15, 0.2) is 60.7 Å². The van der Waals surface area contributed by atoms with Crippen molar-refractivity contribution < 1.29 is 4.74 Å². The van der Waals surface area contributed by atoms with E-state index in [1.807, 2.05) is 6.07 Å². The zero-order chi connectivity index (χ0) is 22.9. The van der Waals surface area contributed by atoms with Crippen LogP contribution >= 0.6 is 0 Å². The fraction of sp³-hybridized carbons (Fsp3) is 0.379. The van der Waals surface area contributed by atoms with Crippen LogP contribution in [0.2, 0.25) is 0 Å². The zero-order valence-electron chi connectivity index (χ0n) is 19.8. The molecule has 1 saturated carbocycles. The van der Waals surface area contributed by atoms with Crippen LogP contribution in [-0.4, -0.2) is 41.3 Å². The van der Waals surface area contributed by atoms with Gasteiger partial charge in [0.2, 0.25) is 0 Å². The second kappa shape index (κ2) is 9.22. The Morgan fingerprint density at radius 3 is 2.50 bits per heavy atom. The van der Waals surface area contributed by atoms with Crippen LogP contribution in [0, 0.1) is 5.92 Å². The predicted molar refractivity (Wildman–Crippen MR) is 138 cm³/mol. The quantitative estimate of drug-likeness (QED) is 0.383. The molecule has 2 fully saturated rings. The van der Waals surface area contributed by atoms with E-state index in [0.29, 0.717) is 6.04 Å². The number of fused-ring (bicyclic) bond motifs is 2. The molecule has 1 aliphatic heterocycles. The minimum Gasteiger partial charge on any atom is -0.497 e. The second-order valence-electron chi connectivity index (χ2n) is 9.93. The summed E-state index contributed by atoms with van der Waals surface area (Å²) in [5.74, 6) is 2.54. The number of piperidine rings is 1. The summed E-state index contributed by atoms with van der Waals surface area (Å²) in [5.41, 5.74) is 2.51. The normalized spacial score (nSPS) is 17.3. The molecule has 5 heteroatoms. The van der Waals surface area contributed by atoms with Crippen molar-refractivity contribution >= 4 is 27.4 Å². The number of rotatable bonds is 7. The Balaban J connectivity index is 1.13. The van der Waals surface area contributed by atoms with Crippen molar-refractivity contribution in [3.8, 4) is 5.75 Å². The molecule has 0 unspecified atom stereocenters. The number of ether oxygens (including phenoxy) is 1. The lowest BCUT2D eigenvalue weighted by Gasteiger charge is -2.32. The van der Waals surface area contributed by atoms with Gasteiger partial charge >= 0.3 is 0 Å². The Morgan fingerprint density at radius 1 is 0.882 bits per heavy atom. The third-order valence-electron chi connectivity index (χ3n) is 7.39. The maximum absolute atomic E-state index is 5.52. The van der Waals surface area contributed by atoms with E-state index in [0.717, 1.165) is 67.5 Å². The maximum Gasteiger partial charge on any atom is 0.156 e. The molecular formula is C29H32N4O. The van der Waals surface area contributed by atoms with Gasteiger partial charge in [0.1, 0.15) is 5.75 Å². The van der Waals surface area contributed by atoms with Crippen LogP contribution in [0.25, 0.3) is 21.5 Å². The van der Waals surface area contributed by atoms with Gasteiger partial charge in [-0.1, -0.05) is 36.4 Å². The summed E-state index contributed by atoms with van der Waals surface area (Å²) in [6, 6.07) is 22.1. The molecule has 1 N–H and O–H groups in total. The van der Waals surface area contributed by atoms with E-state index in [1.54, 1.807) is 7.11 Å². The Bertz CT molecular complexity index is 1310. The number of nitrogens with one attached hydrogen (secondary N) is 1. The van der Waals surface area contributed by atoms with Gasteiger partial charge in [0, 0.05) is 36.4 Å². The van der Waals surface area contributed by atoms with E-state index in [4.69, 9.17) is 4.74 Å². The van der Waals surface area contributed by atoms with Gasteiger partial charge in [0.05, 0.1) is 12.8 Å². The SMILES string of the molecule is COc1ccc2c(CC3CC3)nnc(NC3CCN(Cc4ccc5ccccc5c4)CC3)c2c1. The predicted octanol–water partition coefficient (Wildman–Crippen LogP) is 5.82. The summed E-state index contributed by atoms with van der Waals surface area (Å²) in [7, 11) is 1.72. The van der Waals surface area contributed by atoms with Crippen molar-refractivity contribution in [3.05, 3.63) is 71.9 Å². The highest BCUT2D eigenvalue weighted by atomic mass is 16.5. The van der Waals surface area contributed by atoms with Gasteiger partial charge in [0.15, 0.2) is 5.82 Å². The number of methoxy groups -OCH3 is 1. The first kappa shape index (κ1) is 21.4. The molecule has 0 amide bonds. The molecule has 0 bridgehead atoms. The molecule has 2 aliphatic rings. The largest absolute Gasteiger partial charge is 0.497 e. The molecule has 1 aromatic heterocycles. The Morgan fingerprint density at radius 2 is 1.71 bits per heavy atom. The number of hydrogen-bond acceptors (Lipinski definition) is 5. The van der Waals surface area contributed by atoms with Crippen LogP contribution in [0.3, 0.4) is 0 Å². The van der Waals surface area contributed by atoms with Crippen molar-refractivity contribution in [2.24, 2.45) is 5.92 Å². The van der Waals surface area contributed by atoms with Crippen LogP contribution in [-0.2, 0) is 13.0 Å². The average molecular weight is 453 g/mol. The molecule has 2 heterocycles. The minimum absolute atomic E-state index is 0.408. The second-order valence-corrected chi connectivity index (χ2v) is 9.93. The van der Waals surface area contributed by atoms with Gasteiger partial charge in [-0.15, -0.1) is 5.10 Å². The highest BCUT2D eigenvalue weighted by Gasteiger charge is 2.25. The van der Waals surface area contributed by atoms with Gasteiger partial charge < -0.3 is 10.1 Å². The zero-order valence-corrected chi connectivity index (χ0v) is 19.8. The van der Waals surface area contributed by atoms with Gasteiger partial charge in [0.25, 0.3) is 0 Å². The third kappa shape index (κ3) is 4.58. The number of hydrogen-bond donors (Lipinski definition) is 1. The maximum atomic E-state index is 5.52. The van der Waals surface area contributed by atoms with E-state index in [-0.39, 0.29) is 0 Å². The van der Waals surface area contributed by atoms with Gasteiger partial charge in [-0.2, -0.15) is 5.10 Å². The Kier molecular flexibility index (Phi) is 5.79. The van der Waals surface area contributed by atoms with Crippen LogP contribution in [0.4, 0.5) is 5.82 Å². The fourth-order valence-electron chi connectivity index (χ4n) is 5.19. The monoisotopic (exact) mass is 452 g/mol. The fourth-order valence-corrected chi connectivity index (χ4v) is 5.19. The standard InChI is InChI=1S/C29H32N4O/c1-34-25-10-11-26-27(18-25)29(32-31-28(26)17-20-6-7-20)30-24-12-14-33(15-13-24)19-21-8-9-22-4-2-3-5-23(22)16-21/h2-5,8-11,16,18,20,24H,6-7,12-15,17,19H2,1H3,(H,30,32). The summed E-state index contributed by atoms with van der Waals surface area (Å²) < 4.78 is 5.52. The van der Waals surface area contributed by atoms with Crippen molar-refractivity contribution in [2.45, 2.75) is 44.7 Å². The van der Waals surface area contributed by atoms with Crippen molar-refractivity contribution in [1.29, 1.82) is 0 Å². The molecule has 0 radical (unpaired) electrons. The molecule has 3 aromatic carbocycles. The average Bonchev–Trinajstić information content (AvgIpc) is 3.70. The molecular weight excluding hydrogens is 420 g/mol. The van der Waals surface area contributed by atoms with E-state index in [2.05, 4.69) is 75.0 Å². The lowest BCUT2D eigenvalue weighted by atomic mass is 10.0. The summed E-state index contributed by atoms with van der Waals surface area (Å²) in [4.78, 5) is 2.56. The van der Waals surface area contributed by atoms with Gasteiger partial charge in [-0.25, -0.2) is 0 Å². The van der Waals surface area contributed by atoms with Gasteiger partial charge in [-0.05, 0) is 78.6 Å². The van der Waals surface area contributed by atoms with E-state index >= 15 is 0 Å². The Hall–Kier alpha value is -3.18. The molecule has 34 heavy (non-hydrogen) atoms. The first-order valence-electron chi connectivity index (χ1n) is 12.5. The van der Waals surface area contributed by atoms with E-state index in [9.17, 15) is 0 Å². The van der Waals surface area contributed by atoms with Crippen LogP contribution < -0.4 is 10.1 Å². The van der Waals surface area contributed by atoms with Crippen LogP contribution in [0.5, 0.6) is 5.75 Å². The topological polar surface area (TPSA) is 50.3 Å². The highest BCUT2D eigenvalue weighted by Crippen LogP contribution is 2.36. The van der Waals surface area contributed by atoms with Crippen molar-refractivity contribution in [1.82, 2.24) is 15.1 Å². The summed E-state index contributed by atoms with van der Waals surface area (Å²) in [6.45, 7) is 3.17. The number of anilines is 1. The molecule has 1 aliphatic carbocycles. The molecule has 0 atom stereocenters. The van der Waals surface area contributed by atoms with Crippen LogP contribution in [0.1, 0.15) is 36.9 Å². The smallest absolute Gasteiger partial charge is 0.156 e. The minimum atomic E-state index is 0.408. The Labute approximate surface area is 201 Å². The van der Waals surface area contributed by atoms with Crippen molar-refractivity contribution in [2.75, 3.05) is 25.5 Å². The van der Waals surface area contributed by atoms with E-state index in [1.165, 1.54) is 34.6 Å². The molecule has 4 aromatic rings. The number of benzene rings is 3. The molecule has 0 spiro atoms.